The molecule has 1 aliphatic heterocycles. The molecule has 3 aromatic rings. The molecule has 0 fully saturated rings. The Kier molecular flexibility index (Phi) is 6.12. The molecule has 2 N–H and O–H groups in total. The van der Waals surface area contributed by atoms with Gasteiger partial charge in [-0.3, -0.25) is 4.90 Å². The van der Waals surface area contributed by atoms with E-state index in [0.29, 0.717) is 29.9 Å². The zero-order valence-corrected chi connectivity index (χ0v) is 19.2. The molecule has 0 aliphatic carbocycles. The molecule has 3 heterocycles. The molecule has 0 radical (unpaired) electrons. The van der Waals surface area contributed by atoms with Gasteiger partial charge in [-0.25, -0.2) is 14.2 Å². The van der Waals surface area contributed by atoms with Crippen molar-refractivity contribution in [1.82, 2.24) is 14.9 Å². The van der Waals surface area contributed by atoms with E-state index in [9.17, 15) is 14.3 Å². The number of aliphatic hydroxyl groups excluding tert-OH is 1. The molecule has 1 aliphatic rings. The fourth-order valence-electron chi connectivity index (χ4n) is 4.06. The largest absolute Gasteiger partial charge is 0.496 e. The van der Waals surface area contributed by atoms with Gasteiger partial charge in [-0.1, -0.05) is 6.08 Å². The standard InChI is InChI=1S/C25H28FN3O4/c1-25(2,3)33-24(31)29-10-8-15(11-17(29)14-30)21-13-20-18(7-9-27-23(20)28-21)19-12-16(26)5-6-22(19)32-4/h5-7,9,11-13,17,30H,8,10,14H2,1-4H3,(H,27,28). The molecule has 1 amide bonds. The van der Waals surface area contributed by atoms with Crippen LogP contribution in [0.1, 0.15) is 32.9 Å². The topological polar surface area (TPSA) is 87.7 Å². The van der Waals surface area contributed by atoms with Crippen LogP contribution >= 0.6 is 0 Å². The molecular formula is C25H28FN3O4. The summed E-state index contributed by atoms with van der Waals surface area (Å²) in [4.78, 5) is 21.9. The molecule has 0 bridgehead atoms. The highest BCUT2D eigenvalue weighted by atomic mass is 19.1. The first-order valence-corrected chi connectivity index (χ1v) is 10.8. The van der Waals surface area contributed by atoms with E-state index in [0.717, 1.165) is 22.2 Å². The first-order valence-electron chi connectivity index (χ1n) is 10.8. The zero-order chi connectivity index (χ0) is 23.8. The van der Waals surface area contributed by atoms with Crippen LogP contribution in [0.4, 0.5) is 9.18 Å². The van der Waals surface area contributed by atoms with E-state index >= 15 is 0 Å². The number of benzene rings is 1. The molecule has 0 saturated carbocycles. The number of H-pyrrole nitrogens is 1. The van der Waals surface area contributed by atoms with Crippen molar-refractivity contribution in [2.45, 2.75) is 38.8 Å². The molecule has 8 heteroatoms. The van der Waals surface area contributed by atoms with Crippen molar-refractivity contribution in [1.29, 1.82) is 0 Å². The third-order valence-electron chi connectivity index (χ3n) is 5.56. The summed E-state index contributed by atoms with van der Waals surface area (Å²) < 4.78 is 24.9. The monoisotopic (exact) mass is 453 g/mol. The van der Waals surface area contributed by atoms with Crippen molar-refractivity contribution in [2.24, 2.45) is 0 Å². The van der Waals surface area contributed by atoms with Crippen LogP contribution < -0.4 is 4.74 Å². The number of aliphatic hydroxyl groups is 1. The Balaban J connectivity index is 1.70. The molecule has 1 aromatic carbocycles. The minimum Gasteiger partial charge on any atom is -0.496 e. The number of carbonyl (C=O) groups excluding carboxylic acids is 1. The van der Waals surface area contributed by atoms with E-state index in [1.54, 1.807) is 24.3 Å². The van der Waals surface area contributed by atoms with Crippen LogP contribution in [-0.4, -0.2) is 58.0 Å². The van der Waals surface area contributed by atoms with E-state index in [-0.39, 0.29) is 12.4 Å². The summed E-state index contributed by atoms with van der Waals surface area (Å²) in [6.07, 6.45) is 3.68. The predicted molar refractivity (Wildman–Crippen MR) is 124 cm³/mol. The highest BCUT2D eigenvalue weighted by molar-refractivity contribution is 5.96. The minimum absolute atomic E-state index is 0.215. The maximum Gasteiger partial charge on any atom is 0.410 e. The highest BCUT2D eigenvalue weighted by Crippen LogP contribution is 2.37. The summed E-state index contributed by atoms with van der Waals surface area (Å²) in [5.74, 6) is 0.214. The Morgan fingerprint density at radius 3 is 2.76 bits per heavy atom. The van der Waals surface area contributed by atoms with Crippen molar-refractivity contribution in [2.75, 3.05) is 20.3 Å². The number of hydrogen-bond donors (Lipinski definition) is 2. The van der Waals surface area contributed by atoms with Crippen LogP contribution in [0.3, 0.4) is 0 Å². The summed E-state index contributed by atoms with van der Waals surface area (Å²) in [5.41, 5.74) is 3.27. The van der Waals surface area contributed by atoms with Crippen molar-refractivity contribution in [3.63, 3.8) is 0 Å². The smallest absolute Gasteiger partial charge is 0.410 e. The number of amides is 1. The van der Waals surface area contributed by atoms with Crippen LogP contribution in [0.2, 0.25) is 0 Å². The second-order valence-electron chi connectivity index (χ2n) is 9.01. The number of ether oxygens (including phenoxy) is 2. The zero-order valence-electron chi connectivity index (χ0n) is 19.2. The lowest BCUT2D eigenvalue weighted by atomic mass is 9.99. The van der Waals surface area contributed by atoms with Crippen LogP contribution in [0.15, 0.2) is 42.6 Å². The van der Waals surface area contributed by atoms with E-state index in [1.165, 1.54) is 12.1 Å². The average Bonchev–Trinajstić information content (AvgIpc) is 3.22. The molecular weight excluding hydrogens is 425 g/mol. The Morgan fingerprint density at radius 2 is 2.06 bits per heavy atom. The fraction of sp³-hybridized carbons (Fsp3) is 0.360. The van der Waals surface area contributed by atoms with Gasteiger partial charge in [0.1, 0.15) is 22.8 Å². The summed E-state index contributed by atoms with van der Waals surface area (Å²) >= 11 is 0. The van der Waals surface area contributed by atoms with Crippen molar-refractivity contribution < 1.29 is 23.8 Å². The van der Waals surface area contributed by atoms with Crippen LogP contribution in [0.5, 0.6) is 5.75 Å². The Morgan fingerprint density at radius 1 is 1.27 bits per heavy atom. The van der Waals surface area contributed by atoms with Gasteiger partial charge in [-0.15, -0.1) is 0 Å². The molecule has 1 unspecified atom stereocenters. The summed E-state index contributed by atoms with van der Waals surface area (Å²) in [5, 5.41) is 10.7. The van der Waals surface area contributed by atoms with Gasteiger partial charge in [-0.2, -0.15) is 0 Å². The lowest BCUT2D eigenvalue weighted by molar-refractivity contribution is 0.0143. The van der Waals surface area contributed by atoms with Gasteiger partial charge in [0.15, 0.2) is 0 Å². The number of nitrogens with zero attached hydrogens (tertiary/aromatic N) is 2. The Bertz CT molecular complexity index is 1210. The Hall–Kier alpha value is -3.39. The van der Waals surface area contributed by atoms with Crippen molar-refractivity contribution in [3.8, 4) is 16.9 Å². The number of nitrogens with one attached hydrogen (secondary N) is 1. The lowest BCUT2D eigenvalue weighted by Gasteiger charge is -2.34. The average molecular weight is 454 g/mol. The minimum atomic E-state index is -0.613. The number of carbonyl (C=O) groups is 1. The fourth-order valence-corrected chi connectivity index (χ4v) is 4.06. The van der Waals surface area contributed by atoms with E-state index in [4.69, 9.17) is 9.47 Å². The number of halogens is 1. The number of methoxy groups -OCH3 is 1. The normalized spacial score (nSPS) is 16.6. The molecule has 1 atom stereocenters. The molecule has 0 saturated heterocycles. The van der Waals surface area contributed by atoms with Gasteiger partial charge in [-0.05, 0) is 68.7 Å². The predicted octanol–water partition coefficient (Wildman–Crippen LogP) is 4.76. The van der Waals surface area contributed by atoms with Crippen LogP contribution in [0, 0.1) is 5.82 Å². The molecule has 174 valence electrons. The van der Waals surface area contributed by atoms with Gasteiger partial charge in [0, 0.05) is 29.4 Å². The first-order chi connectivity index (χ1) is 15.7. The van der Waals surface area contributed by atoms with Gasteiger partial charge in [0.05, 0.1) is 19.8 Å². The second kappa shape index (κ2) is 8.86. The maximum absolute atomic E-state index is 14.0. The number of rotatable bonds is 4. The number of aromatic amines is 1. The van der Waals surface area contributed by atoms with Crippen LogP contribution in [0.25, 0.3) is 27.7 Å². The number of pyridine rings is 1. The molecule has 0 spiro atoms. The van der Waals surface area contributed by atoms with Crippen molar-refractivity contribution in [3.05, 3.63) is 54.1 Å². The molecule has 4 rings (SSSR count). The van der Waals surface area contributed by atoms with Crippen LogP contribution in [-0.2, 0) is 4.74 Å². The molecule has 7 nitrogen and oxygen atoms in total. The molecule has 33 heavy (non-hydrogen) atoms. The third kappa shape index (κ3) is 4.71. The van der Waals surface area contributed by atoms with Gasteiger partial charge < -0.3 is 19.6 Å². The van der Waals surface area contributed by atoms with E-state index in [2.05, 4.69) is 9.97 Å². The number of fused-ring (bicyclic) bond motifs is 1. The number of hydrogen-bond acceptors (Lipinski definition) is 5. The van der Waals surface area contributed by atoms with E-state index < -0.39 is 17.7 Å². The second-order valence-corrected chi connectivity index (χ2v) is 9.01. The molecule has 2 aromatic heterocycles. The van der Waals surface area contributed by atoms with Gasteiger partial charge >= 0.3 is 6.09 Å². The Labute approximate surface area is 191 Å². The summed E-state index contributed by atoms with van der Waals surface area (Å²) in [6.45, 7) is 5.64. The third-order valence-corrected chi connectivity index (χ3v) is 5.56. The summed E-state index contributed by atoms with van der Waals surface area (Å²) in [6, 6.07) is 7.71. The number of aromatic nitrogens is 2. The highest BCUT2D eigenvalue weighted by Gasteiger charge is 2.30. The first kappa shape index (κ1) is 22.8. The van der Waals surface area contributed by atoms with E-state index in [1.807, 2.05) is 39.0 Å². The lowest BCUT2D eigenvalue weighted by Crippen LogP contribution is -2.46. The quantitative estimate of drug-likeness (QED) is 0.595. The SMILES string of the molecule is COc1ccc(F)cc1-c1ccnc2[nH]c(C3=CC(CO)N(C(=O)OC(C)(C)C)CC3)cc12. The summed E-state index contributed by atoms with van der Waals surface area (Å²) in [7, 11) is 1.55. The van der Waals surface area contributed by atoms with Crippen molar-refractivity contribution >= 4 is 22.7 Å². The maximum atomic E-state index is 14.0. The van der Waals surface area contributed by atoms with Gasteiger partial charge in [0.25, 0.3) is 0 Å². The van der Waals surface area contributed by atoms with Gasteiger partial charge in [0.2, 0.25) is 0 Å².